The Labute approximate surface area is 177 Å². The lowest BCUT2D eigenvalue weighted by Crippen LogP contribution is -2.35. The van der Waals surface area contributed by atoms with Crippen molar-refractivity contribution in [1.82, 2.24) is 4.90 Å². The average molecular weight is 392 g/mol. The van der Waals surface area contributed by atoms with E-state index in [1.807, 2.05) is 0 Å². The molecule has 2 nitrogen and oxygen atoms in total. The average Bonchev–Trinajstić information content (AvgIpc) is 2.82. The van der Waals surface area contributed by atoms with Crippen LogP contribution in [0, 0.1) is 0 Å². The van der Waals surface area contributed by atoms with E-state index in [-0.39, 0.29) is 0 Å². The van der Waals surface area contributed by atoms with Crippen LogP contribution in [0.4, 0.5) is 0 Å². The predicted octanol–water partition coefficient (Wildman–Crippen LogP) is 6.38. The summed E-state index contributed by atoms with van der Waals surface area (Å²) in [6.45, 7) is 3.37. The summed E-state index contributed by atoms with van der Waals surface area (Å²) in [5, 5.41) is 5.11. The van der Waals surface area contributed by atoms with Crippen molar-refractivity contribution >= 4 is 33.3 Å². The molecule has 0 aliphatic carbocycles. The third kappa shape index (κ3) is 3.74. The van der Waals surface area contributed by atoms with Crippen LogP contribution in [-0.2, 0) is 4.74 Å². The van der Waals surface area contributed by atoms with Crippen molar-refractivity contribution in [3.05, 3.63) is 108 Å². The van der Waals surface area contributed by atoms with Gasteiger partial charge >= 0.3 is 0 Å². The molecule has 0 amide bonds. The van der Waals surface area contributed by atoms with Crippen molar-refractivity contribution in [1.29, 1.82) is 0 Å². The summed E-state index contributed by atoms with van der Waals surface area (Å²) < 4.78 is 5.61. The SMILES string of the molecule is C(=C\c1cccc2ccccc12)/C=C(\c1cccc2ccccc12)N1CCOCC1. The van der Waals surface area contributed by atoms with Crippen LogP contribution >= 0.6 is 0 Å². The topological polar surface area (TPSA) is 12.5 Å². The molecular formula is C28H25NO. The summed E-state index contributed by atoms with van der Waals surface area (Å²) in [4.78, 5) is 2.44. The molecule has 0 spiro atoms. The molecule has 1 aliphatic heterocycles. The van der Waals surface area contributed by atoms with E-state index >= 15 is 0 Å². The summed E-state index contributed by atoms with van der Waals surface area (Å²) in [5.41, 5.74) is 3.77. The van der Waals surface area contributed by atoms with E-state index in [0.717, 1.165) is 26.3 Å². The maximum atomic E-state index is 5.61. The van der Waals surface area contributed by atoms with Crippen LogP contribution in [0.15, 0.2) is 97.1 Å². The third-order valence-corrected chi connectivity index (χ3v) is 5.77. The zero-order chi connectivity index (χ0) is 20.2. The zero-order valence-electron chi connectivity index (χ0n) is 17.0. The van der Waals surface area contributed by atoms with Gasteiger partial charge in [-0.15, -0.1) is 0 Å². The Hall–Kier alpha value is -3.36. The van der Waals surface area contributed by atoms with Crippen LogP contribution in [0.3, 0.4) is 0 Å². The lowest BCUT2D eigenvalue weighted by molar-refractivity contribution is 0.0640. The molecule has 0 saturated carbocycles. The first-order valence-electron chi connectivity index (χ1n) is 10.6. The fourth-order valence-electron chi connectivity index (χ4n) is 4.26. The van der Waals surface area contributed by atoms with Crippen molar-refractivity contribution in [3.63, 3.8) is 0 Å². The van der Waals surface area contributed by atoms with E-state index in [1.165, 1.54) is 38.4 Å². The van der Waals surface area contributed by atoms with Crippen molar-refractivity contribution in [2.45, 2.75) is 0 Å². The standard InChI is InChI=1S/C28H25NO/c1-3-14-25-22(8-1)10-5-11-23(25)13-7-17-28(29-18-20-30-21-19-29)27-16-6-12-24-9-2-4-15-26(24)27/h1-17H,18-21H2/b13-7+,28-17+. The summed E-state index contributed by atoms with van der Waals surface area (Å²) >= 11 is 0. The molecule has 0 unspecified atom stereocenters. The van der Waals surface area contributed by atoms with Crippen molar-refractivity contribution in [3.8, 4) is 0 Å². The number of hydrogen-bond acceptors (Lipinski definition) is 2. The second kappa shape index (κ2) is 8.56. The molecule has 1 aliphatic rings. The molecule has 0 aromatic heterocycles. The zero-order valence-corrected chi connectivity index (χ0v) is 17.0. The molecule has 0 atom stereocenters. The van der Waals surface area contributed by atoms with Gasteiger partial charge in [-0.1, -0.05) is 97.1 Å². The molecule has 30 heavy (non-hydrogen) atoms. The highest BCUT2D eigenvalue weighted by Crippen LogP contribution is 2.29. The van der Waals surface area contributed by atoms with Gasteiger partial charge in [0.05, 0.1) is 13.2 Å². The van der Waals surface area contributed by atoms with E-state index in [4.69, 9.17) is 4.74 Å². The van der Waals surface area contributed by atoms with Crippen LogP contribution < -0.4 is 0 Å². The van der Waals surface area contributed by atoms with Crippen LogP contribution in [-0.4, -0.2) is 31.2 Å². The quantitative estimate of drug-likeness (QED) is 0.374. The minimum atomic E-state index is 0.773. The number of ether oxygens (including phenoxy) is 1. The summed E-state index contributed by atoms with van der Waals surface area (Å²) in [5.74, 6) is 0. The van der Waals surface area contributed by atoms with E-state index in [2.05, 4.69) is 108 Å². The van der Waals surface area contributed by atoms with Crippen molar-refractivity contribution in [2.24, 2.45) is 0 Å². The maximum Gasteiger partial charge on any atom is 0.0642 e. The molecule has 1 fully saturated rings. The molecule has 4 aromatic rings. The van der Waals surface area contributed by atoms with Gasteiger partial charge in [-0.3, -0.25) is 0 Å². The molecule has 0 bridgehead atoms. The Morgan fingerprint density at radius 3 is 2.13 bits per heavy atom. The van der Waals surface area contributed by atoms with Gasteiger partial charge in [0, 0.05) is 24.4 Å². The number of hydrogen-bond donors (Lipinski definition) is 0. The van der Waals surface area contributed by atoms with Crippen LogP contribution in [0.1, 0.15) is 11.1 Å². The molecule has 1 saturated heterocycles. The largest absolute Gasteiger partial charge is 0.378 e. The third-order valence-electron chi connectivity index (χ3n) is 5.77. The monoisotopic (exact) mass is 391 g/mol. The van der Waals surface area contributed by atoms with E-state index in [1.54, 1.807) is 0 Å². The van der Waals surface area contributed by atoms with E-state index in [0.29, 0.717) is 0 Å². The van der Waals surface area contributed by atoms with Gasteiger partial charge in [-0.2, -0.15) is 0 Å². The number of fused-ring (bicyclic) bond motifs is 2. The van der Waals surface area contributed by atoms with Gasteiger partial charge in [0.1, 0.15) is 0 Å². The Morgan fingerprint density at radius 2 is 1.33 bits per heavy atom. The summed E-state index contributed by atoms with van der Waals surface area (Å²) in [7, 11) is 0. The number of morpholine rings is 1. The second-order valence-corrected chi connectivity index (χ2v) is 7.61. The highest BCUT2D eigenvalue weighted by atomic mass is 16.5. The maximum absolute atomic E-state index is 5.61. The first-order valence-corrected chi connectivity index (χ1v) is 10.6. The van der Waals surface area contributed by atoms with E-state index in [9.17, 15) is 0 Å². The first kappa shape index (κ1) is 18.7. The van der Waals surface area contributed by atoms with Gasteiger partial charge in [0.15, 0.2) is 0 Å². The predicted molar refractivity (Wildman–Crippen MR) is 127 cm³/mol. The fraction of sp³-hybridized carbons (Fsp3) is 0.143. The molecule has 1 heterocycles. The molecule has 0 radical (unpaired) electrons. The number of benzene rings is 4. The smallest absolute Gasteiger partial charge is 0.0642 e. The lowest BCUT2D eigenvalue weighted by atomic mass is 10.00. The Balaban J connectivity index is 1.58. The minimum Gasteiger partial charge on any atom is -0.378 e. The van der Waals surface area contributed by atoms with Crippen LogP contribution in [0.5, 0.6) is 0 Å². The second-order valence-electron chi connectivity index (χ2n) is 7.61. The molecular weight excluding hydrogens is 366 g/mol. The summed E-state index contributed by atoms with van der Waals surface area (Å²) in [6, 6.07) is 30.2. The Morgan fingerprint density at radius 1 is 0.700 bits per heavy atom. The van der Waals surface area contributed by atoms with Gasteiger partial charge in [0.2, 0.25) is 0 Å². The molecule has 148 valence electrons. The lowest BCUT2D eigenvalue weighted by Gasteiger charge is -2.31. The number of rotatable bonds is 4. The molecule has 2 heteroatoms. The molecule has 0 N–H and O–H groups in total. The molecule has 5 rings (SSSR count). The molecule has 4 aromatic carbocycles. The fourth-order valence-corrected chi connectivity index (χ4v) is 4.26. The highest BCUT2D eigenvalue weighted by molar-refractivity contribution is 5.94. The number of nitrogens with zero attached hydrogens (tertiary/aromatic N) is 1. The Bertz CT molecular complexity index is 1220. The first-order chi connectivity index (χ1) is 14.9. The van der Waals surface area contributed by atoms with Gasteiger partial charge in [-0.05, 0) is 33.2 Å². The minimum absolute atomic E-state index is 0.773. The van der Waals surface area contributed by atoms with Crippen LogP contribution in [0.25, 0.3) is 33.3 Å². The summed E-state index contributed by atoms with van der Waals surface area (Å²) in [6.07, 6.45) is 6.66. The van der Waals surface area contributed by atoms with Crippen LogP contribution in [0.2, 0.25) is 0 Å². The Kier molecular flexibility index (Phi) is 5.32. The van der Waals surface area contributed by atoms with E-state index < -0.39 is 0 Å². The van der Waals surface area contributed by atoms with Gasteiger partial charge in [-0.25, -0.2) is 0 Å². The van der Waals surface area contributed by atoms with Crippen molar-refractivity contribution < 1.29 is 4.74 Å². The normalized spacial score (nSPS) is 15.3. The van der Waals surface area contributed by atoms with Gasteiger partial charge in [0.25, 0.3) is 0 Å². The highest BCUT2D eigenvalue weighted by Gasteiger charge is 2.16. The van der Waals surface area contributed by atoms with Gasteiger partial charge < -0.3 is 9.64 Å². The number of allylic oxidation sites excluding steroid dienone is 2. The van der Waals surface area contributed by atoms with Crippen molar-refractivity contribution in [2.75, 3.05) is 26.3 Å².